The van der Waals surface area contributed by atoms with Crippen LogP contribution in [-0.2, 0) is 4.79 Å². The highest BCUT2D eigenvalue weighted by Crippen LogP contribution is 2.19. The number of aliphatic hydroxyl groups is 4. The Labute approximate surface area is 71.8 Å². The van der Waals surface area contributed by atoms with E-state index < -0.39 is 30.1 Å². The van der Waals surface area contributed by atoms with Gasteiger partial charge in [-0.15, -0.1) is 4.91 Å². The van der Waals surface area contributed by atoms with Crippen LogP contribution in [0.25, 0.3) is 0 Å². The fourth-order valence-electron chi connectivity index (χ4n) is 0.972. The van der Waals surface area contributed by atoms with Gasteiger partial charge in [0.25, 0.3) is 5.91 Å². The van der Waals surface area contributed by atoms with Crippen LogP contribution in [0.15, 0.2) is 5.18 Å². The van der Waals surface area contributed by atoms with Crippen molar-refractivity contribution in [3.05, 3.63) is 4.91 Å². The Hall–Kier alpha value is -1.09. The Kier molecular flexibility index (Phi) is 2.30. The molecule has 1 heterocycles. The Morgan fingerprint density at radius 3 is 2.38 bits per heavy atom. The molecule has 0 aromatic carbocycles. The summed E-state index contributed by atoms with van der Waals surface area (Å²) >= 11 is 0. The molecule has 4 atom stereocenters. The molecule has 0 aliphatic carbocycles. The Morgan fingerprint density at radius 1 is 1.38 bits per heavy atom. The van der Waals surface area contributed by atoms with Crippen LogP contribution >= 0.6 is 0 Å². The van der Waals surface area contributed by atoms with Gasteiger partial charge in [0, 0.05) is 0 Å². The standard InChI is InChI=1S/C5H8N2O6/c8-1-2(9)4(11)6-5(12,7-13)3(1)10/h1-3,8-10,12H,(H,6,11)/t1-,2-,3+,5-/m0/s1. The number of aliphatic hydroxyl groups excluding tert-OH is 3. The average molecular weight is 192 g/mol. The Morgan fingerprint density at radius 2 is 1.92 bits per heavy atom. The molecule has 0 radical (unpaired) electrons. The van der Waals surface area contributed by atoms with Gasteiger partial charge in [0.1, 0.15) is 6.10 Å². The minimum atomic E-state index is -2.78. The van der Waals surface area contributed by atoms with Crippen molar-refractivity contribution in [1.82, 2.24) is 5.32 Å². The van der Waals surface area contributed by atoms with Gasteiger partial charge in [-0.25, -0.2) is 0 Å². The molecule has 0 unspecified atom stereocenters. The van der Waals surface area contributed by atoms with E-state index in [0.29, 0.717) is 0 Å². The molecule has 1 rings (SSSR count). The summed E-state index contributed by atoms with van der Waals surface area (Å²) in [6, 6.07) is 0. The van der Waals surface area contributed by atoms with E-state index in [1.54, 1.807) is 5.32 Å². The van der Waals surface area contributed by atoms with Gasteiger partial charge in [0.15, 0.2) is 12.2 Å². The molecular formula is C5H8N2O6. The lowest BCUT2D eigenvalue weighted by molar-refractivity contribution is -0.198. The van der Waals surface area contributed by atoms with Crippen molar-refractivity contribution in [2.24, 2.45) is 5.18 Å². The molecular weight excluding hydrogens is 184 g/mol. The molecule has 13 heavy (non-hydrogen) atoms. The van der Waals surface area contributed by atoms with Crippen LogP contribution < -0.4 is 5.32 Å². The highest BCUT2D eigenvalue weighted by molar-refractivity contribution is 5.83. The number of hydrogen-bond acceptors (Lipinski definition) is 7. The summed E-state index contributed by atoms with van der Waals surface area (Å²) in [6.45, 7) is 0. The van der Waals surface area contributed by atoms with Crippen LogP contribution in [0.1, 0.15) is 0 Å². The fourth-order valence-corrected chi connectivity index (χ4v) is 0.972. The molecule has 1 aliphatic rings. The average Bonchev–Trinajstić information content (AvgIpc) is 2.12. The lowest BCUT2D eigenvalue weighted by Crippen LogP contribution is -2.69. The molecule has 0 aromatic rings. The van der Waals surface area contributed by atoms with E-state index in [4.69, 9.17) is 20.4 Å². The van der Waals surface area contributed by atoms with E-state index in [9.17, 15) is 9.70 Å². The van der Waals surface area contributed by atoms with Crippen LogP contribution in [0, 0.1) is 4.91 Å². The summed E-state index contributed by atoms with van der Waals surface area (Å²) in [5, 5.41) is 39.5. The van der Waals surface area contributed by atoms with Crippen molar-refractivity contribution < 1.29 is 25.2 Å². The predicted octanol–water partition coefficient (Wildman–Crippen LogP) is -3.39. The van der Waals surface area contributed by atoms with Gasteiger partial charge in [-0.05, 0) is 5.18 Å². The number of nitrogens with one attached hydrogen (secondary N) is 1. The molecule has 1 aliphatic heterocycles. The van der Waals surface area contributed by atoms with E-state index in [2.05, 4.69) is 0 Å². The first-order valence-electron chi connectivity index (χ1n) is 3.35. The number of nitrogens with zero attached hydrogens (tertiary/aromatic N) is 1. The lowest BCUT2D eigenvalue weighted by atomic mass is 9.98. The van der Waals surface area contributed by atoms with Crippen molar-refractivity contribution >= 4 is 5.91 Å². The summed E-state index contributed by atoms with van der Waals surface area (Å²) in [5.41, 5.74) is 0. The number of amides is 1. The highest BCUT2D eigenvalue weighted by Gasteiger charge is 2.52. The molecule has 0 saturated carbocycles. The van der Waals surface area contributed by atoms with E-state index >= 15 is 0 Å². The van der Waals surface area contributed by atoms with E-state index in [0.717, 1.165) is 0 Å². The smallest absolute Gasteiger partial charge is 0.305 e. The molecule has 0 aromatic heterocycles. The summed E-state index contributed by atoms with van der Waals surface area (Å²) in [5.74, 6) is -3.96. The minimum absolute atomic E-state index is 1.18. The SMILES string of the molecule is O=N[C@@]1(O)NC(=O)[C@@H](O)[C@H](O)[C@H]1O. The lowest BCUT2D eigenvalue weighted by Gasteiger charge is -2.36. The molecule has 8 nitrogen and oxygen atoms in total. The number of piperidine rings is 1. The first kappa shape index (κ1) is 9.99. The Balaban J connectivity index is 2.94. The second-order valence-electron chi connectivity index (χ2n) is 2.69. The topological polar surface area (TPSA) is 139 Å². The monoisotopic (exact) mass is 192 g/mol. The fraction of sp³-hybridized carbons (Fsp3) is 0.800. The summed E-state index contributed by atoms with van der Waals surface area (Å²) in [4.78, 5) is 20.8. The van der Waals surface area contributed by atoms with E-state index in [1.165, 1.54) is 0 Å². The third-order valence-corrected chi connectivity index (χ3v) is 1.77. The zero-order valence-electron chi connectivity index (χ0n) is 6.28. The van der Waals surface area contributed by atoms with Crippen LogP contribution in [0.5, 0.6) is 0 Å². The minimum Gasteiger partial charge on any atom is -0.387 e. The van der Waals surface area contributed by atoms with E-state index in [-0.39, 0.29) is 0 Å². The molecule has 1 saturated heterocycles. The van der Waals surface area contributed by atoms with Gasteiger partial charge < -0.3 is 25.7 Å². The summed E-state index contributed by atoms with van der Waals surface area (Å²) in [6.07, 6.45) is -5.90. The van der Waals surface area contributed by atoms with Gasteiger partial charge >= 0.3 is 5.85 Å². The molecule has 8 heteroatoms. The molecule has 0 spiro atoms. The maximum absolute atomic E-state index is 10.7. The summed E-state index contributed by atoms with van der Waals surface area (Å²) < 4.78 is 0. The maximum Gasteiger partial charge on any atom is 0.305 e. The number of carbonyl (C=O) groups is 1. The second-order valence-corrected chi connectivity index (χ2v) is 2.69. The van der Waals surface area contributed by atoms with Crippen molar-refractivity contribution in [1.29, 1.82) is 0 Å². The zero-order chi connectivity index (χ0) is 10.2. The van der Waals surface area contributed by atoms with Crippen molar-refractivity contribution in [3.63, 3.8) is 0 Å². The third-order valence-electron chi connectivity index (χ3n) is 1.77. The van der Waals surface area contributed by atoms with Crippen molar-refractivity contribution in [2.45, 2.75) is 24.2 Å². The number of nitroso groups, excluding NO2 is 1. The maximum atomic E-state index is 10.7. The van der Waals surface area contributed by atoms with Crippen LogP contribution in [0.4, 0.5) is 0 Å². The van der Waals surface area contributed by atoms with Crippen LogP contribution in [0.2, 0.25) is 0 Å². The van der Waals surface area contributed by atoms with Gasteiger partial charge in [0.2, 0.25) is 0 Å². The van der Waals surface area contributed by atoms with Gasteiger partial charge in [0.05, 0.1) is 0 Å². The van der Waals surface area contributed by atoms with Gasteiger partial charge in [-0.3, -0.25) is 4.79 Å². The first-order valence-corrected chi connectivity index (χ1v) is 3.35. The molecule has 1 fully saturated rings. The quantitative estimate of drug-likeness (QED) is 0.274. The largest absolute Gasteiger partial charge is 0.387 e. The van der Waals surface area contributed by atoms with Crippen LogP contribution in [-0.4, -0.2) is 50.5 Å². The first-order chi connectivity index (χ1) is 5.92. The molecule has 0 bridgehead atoms. The number of carbonyl (C=O) groups excluding carboxylic acids is 1. The van der Waals surface area contributed by atoms with Gasteiger partial charge in [-0.1, -0.05) is 0 Å². The number of rotatable bonds is 1. The van der Waals surface area contributed by atoms with E-state index in [1.807, 2.05) is 5.18 Å². The predicted molar refractivity (Wildman–Crippen MR) is 36.9 cm³/mol. The second kappa shape index (κ2) is 3.00. The molecule has 74 valence electrons. The van der Waals surface area contributed by atoms with Gasteiger partial charge in [-0.2, -0.15) is 0 Å². The highest BCUT2D eigenvalue weighted by atomic mass is 16.4. The zero-order valence-corrected chi connectivity index (χ0v) is 6.28. The van der Waals surface area contributed by atoms with Crippen molar-refractivity contribution in [2.75, 3.05) is 0 Å². The van der Waals surface area contributed by atoms with Crippen LogP contribution in [0.3, 0.4) is 0 Å². The molecule has 5 N–H and O–H groups in total. The third kappa shape index (κ3) is 1.40. The summed E-state index contributed by atoms with van der Waals surface area (Å²) in [7, 11) is 0. The number of hydrogen-bond donors (Lipinski definition) is 5. The Bertz CT molecular complexity index is 245. The molecule has 1 amide bonds. The van der Waals surface area contributed by atoms with Crippen molar-refractivity contribution in [3.8, 4) is 0 Å². The normalized spacial score (nSPS) is 45.5.